The van der Waals surface area contributed by atoms with Gasteiger partial charge in [0.1, 0.15) is 0 Å². The summed E-state index contributed by atoms with van der Waals surface area (Å²) in [5.41, 5.74) is 1.22. The topological polar surface area (TPSA) is 46.1 Å². The van der Waals surface area contributed by atoms with E-state index >= 15 is 0 Å². The van der Waals surface area contributed by atoms with Crippen LogP contribution in [0.2, 0.25) is 0 Å². The zero-order chi connectivity index (χ0) is 17.2. The summed E-state index contributed by atoms with van der Waals surface area (Å²) in [6, 6.07) is 10.3. The molecule has 2 atom stereocenters. The van der Waals surface area contributed by atoms with Crippen LogP contribution in [0, 0.1) is 5.92 Å². The summed E-state index contributed by atoms with van der Waals surface area (Å²) in [6.45, 7) is 6.62. The van der Waals surface area contributed by atoms with E-state index in [4.69, 9.17) is 9.47 Å². The van der Waals surface area contributed by atoms with Crippen LogP contribution in [-0.4, -0.2) is 57.9 Å². The van der Waals surface area contributed by atoms with Crippen molar-refractivity contribution < 1.29 is 9.47 Å². The van der Waals surface area contributed by atoms with E-state index in [1.54, 1.807) is 7.11 Å². The fourth-order valence-corrected chi connectivity index (χ4v) is 3.08. The minimum absolute atomic E-state index is 0. The molecule has 0 spiro atoms. The van der Waals surface area contributed by atoms with Gasteiger partial charge in [0.05, 0.1) is 12.7 Å². The van der Waals surface area contributed by atoms with Gasteiger partial charge in [-0.2, -0.15) is 0 Å². The van der Waals surface area contributed by atoms with Crippen LogP contribution in [0.3, 0.4) is 0 Å². The monoisotopic (exact) mass is 461 g/mol. The molecule has 25 heavy (non-hydrogen) atoms. The Kier molecular flexibility index (Phi) is 11.1. The first-order chi connectivity index (χ1) is 11.7. The highest BCUT2D eigenvalue weighted by atomic mass is 127. The molecule has 0 aromatic heterocycles. The van der Waals surface area contributed by atoms with Crippen LogP contribution < -0.4 is 5.32 Å². The van der Waals surface area contributed by atoms with Crippen molar-refractivity contribution in [1.29, 1.82) is 0 Å². The molecule has 142 valence electrons. The quantitative estimate of drug-likeness (QED) is 0.279. The third kappa shape index (κ3) is 7.50. The van der Waals surface area contributed by atoms with Crippen molar-refractivity contribution in [2.75, 3.05) is 47.0 Å². The van der Waals surface area contributed by atoms with Crippen molar-refractivity contribution in [3.8, 4) is 0 Å². The number of hydrogen-bond acceptors (Lipinski definition) is 3. The van der Waals surface area contributed by atoms with Crippen molar-refractivity contribution in [3.05, 3.63) is 35.9 Å². The van der Waals surface area contributed by atoms with Gasteiger partial charge in [0, 0.05) is 46.3 Å². The Labute approximate surface area is 169 Å². The zero-order valence-electron chi connectivity index (χ0n) is 15.6. The van der Waals surface area contributed by atoms with Gasteiger partial charge in [-0.3, -0.25) is 4.99 Å². The van der Waals surface area contributed by atoms with Crippen LogP contribution in [-0.2, 0) is 9.47 Å². The molecule has 1 saturated heterocycles. The van der Waals surface area contributed by atoms with Crippen molar-refractivity contribution in [2.24, 2.45) is 10.9 Å². The summed E-state index contributed by atoms with van der Waals surface area (Å²) >= 11 is 0. The highest BCUT2D eigenvalue weighted by Gasteiger charge is 2.24. The van der Waals surface area contributed by atoms with Crippen LogP contribution in [0.15, 0.2) is 35.3 Å². The number of rotatable bonds is 8. The SMILES string of the molecule is CN=C(NCCCOC(C)c1ccccc1)N1CCC(COC)C1.I. The number of halogens is 1. The Morgan fingerprint density at radius 2 is 2.12 bits per heavy atom. The molecule has 0 saturated carbocycles. The lowest BCUT2D eigenvalue weighted by Crippen LogP contribution is -2.40. The molecule has 1 aliphatic rings. The highest BCUT2D eigenvalue weighted by molar-refractivity contribution is 14.0. The summed E-state index contributed by atoms with van der Waals surface area (Å²) in [6.07, 6.45) is 2.27. The molecular weight excluding hydrogens is 429 g/mol. The number of methoxy groups -OCH3 is 1. The molecule has 1 heterocycles. The molecule has 1 fully saturated rings. The fraction of sp³-hybridized carbons (Fsp3) is 0.632. The van der Waals surface area contributed by atoms with Gasteiger partial charge >= 0.3 is 0 Å². The van der Waals surface area contributed by atoms with Crippen molar-refractivity contribution >= 4 is 29.9 Å². The third-order valence-corrected chi connectivity index (χ3v) is 4.44. The molecule has 2 rings (SSSR count). The van der Waals surface area contributed by atoms with Crippen molar-refractivity contribution in [1.82, 2.24) is 10.2 Å². The minimum atomic E-state index is 0. The first kappa shape index (κ1) is 22.2. The fourth-order valence-electron chi connectivity index (χ4n) is 3.08. The lowest BCUT2D eigenvalue weighted by molar-refractivity contribution is 0.0645. The molecular formula is C19H32IN3O2. The minimum Gasteiger partial charge on any atom is -0.384 e. The van der Waals surface area contributed by atoms with Crippen LogP contribution in [0.4, 0.5) is 0 Å². The van der Waals surface area contributed by atoms with Gasteiger partial charge < -0.3 is 19.7 Å². The Hall–Kier alpha value is -0.860. The predicted octanol–water partition coefficient (Wildman–Crippen LogP) is 3.32. The maximum atomic E-state index is 5.91. The Morgan fingerprint density at radius 1 is 1.36 bits per heavy atom. The number of benzene rings is 1. The van der Waals surface area contributed by atoms with Gasteiger partial charge in [0.15, 0.2) is 5.96 Å². The van der Waals surface area contributed by atoms with Gasteiger partial charge in [-0.25, -0.2) is 0 Å². The first-order valence-electron chi connectivity index (χ1n) is 8.85. The molecule has 6 heteroatoms. The van der Waals surface area contributed by atoms with E-state index in [2.05, 4.69) is 34.3 Å². The molecule has 1 N–H and O–H groups in total. The summed E-state index contributed by atoms with van der Waals surface area (Å²) in [7, 11) is 3.62. The van der Waals surface area contributed by atoms with Gasteiger partial charge in [-0.15, -0.1) is 24.0 Å². The zero-order valence-corrected chi connectivity index (χ0v) is 17.9. The van der Waals surface area contributed by atoms with Crippen LogP contribution in [0.5, 0.6) is 0 Å². The molecule has 0 amide bonds. The van der Waals surface area contributed by atoms with Gasteiger partial charge in [-0.1, -0.05) is 30.3 Å². The normalized spacial score (nSPS) is 18.8. The number of nitrogens with one attached hydrogen (secondary N) is 1. The Bertz CT molecular complexity index is 499. The molecule has 1 aromatic rings. The molecule has 0 bridgehead atoms. The number of aliphatic imine (C=N–C) groups is 1. The van der Waals surface area contributed by atoms with E-state index in [9.17, 15) is 0 Å². The van der Waals surface area contributed by atoms with E-state index in [-0.39, 0.29) is 30.1 Å². The number of ether oxygens (including phenoxy) is 2. The second kappa shape index (κ2) is 12.5. The molecule has 1 aliphatic heterocycles. The van der Waals surface area contributed by atoms with Crippen LogP contribution >= 0.6 is 24.0 Å². The maximum absolute atomic E-state index is 5.91. The number of likely N-dealkylation sites (tertiary alicyclic amines) is 1. The van der Waals surface area contributed by atoms with Crippen molar-refractivity contribution in [2.45, 2.75) is 25.9 Å². The average Bonchev–Trinajstić information content (AvgIpc) is 3.07. The molecule has 2 unspecified atom stereocenters. The average molecular weight is 461 g/mol. The van der Waals surface area contributed by atoms with E-state index in [0.29, 0.717) is 5.92 Å². The maximum Gasteiger partial charge on any atom is 0.193 e. The predicted molar refractivity (Wildman–Crippen MR) is 114 cm³/mol. The third-order valence-electron chi connectivity index (χ3n) is 4.44. The summed E-state index contributed by atoms with van der Waals surface area (Å²) in [5.74, 6) is 1.60. The van der Waals surface area contributed by atoms with Crippen LogP contribution in [0.1, 0.15) is 31.4 Å². The lowest BCUT2D eigenvalue weighted by atomic mass is 10.1. The van der Waals surface area contributed by atoms with Gasteiger partial charge in [0.25, 0.3) is 0 Å². The van der Waals surface area contributed by atoms with E-state index in [1.165, 1.54) is 12.0 Å². The summed E-state index contributed by atoms with van der Waals surface area (Å²) in [4.78, 5) is 6.71. The smallest absolute Gasteiger partial charge is 0.193 e. The second-order valence-corrected chi connectivity index (χ2v) is 6.31. The number of nitrogens with zero attached hydrogens (tertiary/aromatic N) is 2. The van der Waals surface area contributed by atoms with Gasteiger partial charge in [0.2, 0.25) is 0 Å². The standard InChI is InChI=1S/C19H31N3O2.HI/c1-16(18-8-5-4-6-9-18)24-13-7-11-21-19(20-2)22-12-10-17(14-22)15-23-3;/h4-6,8-9,16-17H,7,10-15H2,1-3H3,(H,20,21);1H. The Balaban J connectivity index is 0.00000312. The van der Waals surface area contributed by atoms with Crippen molar-refractivity contribution in [3.63, 3.8) is 0 Å². The summed E-state index contributed by atoms with van der Waals surface area (Å²) in [5, 5.41) is 3.44. The number of guanidine groups is 1. The highest BCUT2D eigenvalue weighted by Crippen LogP contribution is 2.17. The second-order valence-electron chi connectivity index (χ2n) is 6.31. The number of hydrogen-bond donors (Lipinski definition) is 1. The molecule has 0 aliphatic carbocycles. The molecule has 0 radical (unpaired) electrons. The molecule has 1 aromatic carbocycles. The van der Waals surface area contributed by atoms with Gasteiger partial charge in [-0.05, 0) is 25.3 Å². The first-order valence-corrected chi connectivity index (χ1v) is 8.85. The van der Waals surface area contributed by atoms with Crippen LogP contribution in [0.25, 0.3) is 0 Å². The van der Waals surface area contributed by atoms with E-state index in [1.807, 2.05) is 25.2 Å². The van der Waals surface area contributed by atoms with E-state index < -0.39 is 0 Å². The van der Waals surface area contributed by atoms with E-state index in [0.717, 1.165) is 45.2 Å². The summed E-state index contributed by atoms with van der Waals surface area (Å²) < 4.78 is 11.2. The molecule has 5 nitrogen and oxygen atoms in total. The lowest BCUT2D eigenvalue weighted by Gasteiger charge is -2.22. The Morgan fingerprint density at radius 3 is 2.80 bits per heavy atom. The largest absolute Gasteiger partial charge is 0.384 e.